The zero-order chi connectivity index (χ0) is 11.8. The lowest BCUT2D eigenvalue weighted by Crippen LogP contribution is -2.20. The van der Waals surface area contributed by atoms with Crippen molar-refractivity contribution in [1.82, 2.24) is 14.9 Å². The molecule has 0 fully saturated rings. The van der Waals surface area contributed by atoms with E-state index >= 15 is 0 Å². The summed E-state index contributed by atoms with van der Waals surface area (Å²) in [4.78, 5) is 4.33. The highest BCUT2D eigenvalue weighted by Crippen LogP contribution is 2.05. The van der Waals surface area contributed by atoms with E-state index in [9.17, 15) is 0 Å². The van der Waals surface area contributed by atoms with Crippen molar-refractivity contribution in [3.05, 3.63) is 30.4 Å². The quantitative estimate of drug-likeness (QED) is 0.536. The molecule has 0 aromatic carbocycles. The number of hydrogen-bond acceptors (Lipinski definition) is 3. The number of ether oxygens (including phenoxy) is 1. The van der Waals surface area contributed by atoms with Gasteiger partial charge in [0.1, 0.15) is 5.82 Å². The lowest BCUT2D eigenvalue weighted by atomic mass is 10.3. The van der Waals surface area contributed by atoms with Gasteiger partial charge < -0.3 is 14.6 Å². The second-order valence-electron chi connectivity index (χ2n) is 3.70. The first-order valence-corrected chi connectivity index (χ1v) is 5.61. The number of hydrogen-bond donors (Lipinski definition) is 1. The fraction of sp³-hybridized carbons (Fsp3) is 0.583. The van der Waals surface area contributed by atoms with E-state index in [4.69, 9.17) is 4.74 Å². The van der Waals surface area contributed by atoms with Crippen LogP contribution in [0, 0.1) is 6.92 Å². The molecule has 0 radical (unpaired) electrons. The molecular formula is C12H21N3O. The molecular weight excluding hydrogens is 202 g/mol. The Morgan fingerprint density at radius 3 is 3.12 bits per heavy atom. The molecule has 0 saturated heterocycles. The number of aromatic nitrogens is 2. The largest absolute Gasteiger partial charge is 0.383 e. The average Bonchev–Trinajstić information content (AvgIpc) is 2.63. The Morgan fingerprint density at radius 2 is 2.44 bits per heavy atom. The highest BCUT2D eigenvalue weighted by molar-refractivity contribution is 5.04. The molecule has 0 unspecified atom stereocenters. The van der Waals surface area contributed by atoms with E-state index in [1.807, 2.05) is 19.2 Å². The van der Waals surface area contributed by atoms with Crippen molar-refractivity contribution in [2.24, 2.45) is 0 Å². The van der Waals surface area contributed by atoms with Crippen LogP contribution in [0.1, 0.15) is 17.9 Å². The lowest BCUT2D eigenvalue weighted by molar-refractivity contribution is 0.199. The van der Waals surface area contributed by atoms with E-state index in [2.05, 4.69) is 21.4 Å². The topological polar surface area (TPSA) is 39.1 Å². The van der Waals surface area contributed by atoms with Gasteiger partial charge in [-0.25, -0.2) is 4.98 Å². The third-order valence-electron chi connectivity index (χ3n) is 2.48. The Labute approximate surface area is 97.3 Å². The minimum absolute atomic E-state index is 0.736. The summed E-state index contributed by atoms with van der Waals surface area (Å²) in [6.07, 6.45) is 4.84. The summed E-state index contributed by atoms with van der Waals surface area (Å²) in [6, 6.07) is 0. The van der Waals surface area contributed by atoms with Crippen molar-refractivity contribution >= 4 is 0 Å². The number of methoxy groups -OCH3 is 1. The van der Waals surface area contributed by atoms with Crippen LogP contribution in [0.25, 0.3) is 0 Å². The summed E-state index contributed by atoms with van der Waals surface area (Å²) in [6.45, 7) is 9.16. The number of nitrogens with one attached hydrogen (secondary N) is 1. The van der Waals surface area contributed by atoms with E-state index in [-0.39, 0.29) is 0 Å². The Bertz CT molecular complexity index is 320. The maximum Gasteiger partial charge on any atom is 0.105 e. The van der Waals surface area contributed by atoms with Gasteiger partial charge in [0.15, 0.2) is 0 Å². The van der Waals surface area contributed by atoms with E-state index in [0.717, 1.165) is 38.5 Å². The maximum absolute atomic E-state index is 4.98. The van der Waals surface area contributed by atoms with Crippen LogP contribution in [0.5, 0.6) is 0 Å². The summed E-state index contributed by atoms with van der Waals surface area (Å²) in [5, 5.41) is 3.32. The van der Waals surface area contributed by atoms with Gasteiger partial charge in [-0.1, -0.05) is 6.08 Å². The fourth-order valence-corrected chi connectivity index (χ4v) is 1.57. The summed E-state index contributed by atoms with van der Waals surface area (Å²) in [5.41, 5.74) is 1.22. The number of aryl methyl sites for hydroxylation is 1. The second-order valence-corrected chi connectivity index (χ2v) is 3.70. The van der Waals surface area contributed by atoms with Gasteiger partial charge in [-0.2, -0.15) is 0 Å². The molecule has 0 bridgehead atoms. The molecule has 0 aliphatic rings. The molecule has 1 N–H and O–H groups in total. The van der Waals surface area contributed by atoms with Gasteiger partial charge >= 0.3 is 0 Å². The standard InChI is InChI=1S/C12H21N3O/c1-4-5-7-15-11(2)14-10-12(15)9-13-6-8-16-3/h4,10,13H,1,5-9H2,2-3H3. The van der Waals surface area contributed by atoms with Gasteiger partial charge in [-0.15, -0.1) is 6.58 Å². The predicted octanol–water partition coefficient (Wildman–Crippen LogP) is 1.50. The molecule has 4 nitrogen and oxygen atoms in total. The minimum atomic E-state index is 0.736. The van der Waals surface area contributed by atoms with Crippen LogP contribution in [0.2, 0.25) is 0 Å². The normalized spacial score (nSPS) is 10.6. The Morgan fingerprint density at radius 1 is 1.62 bits per heavy atom. The third-order valence-corrected chi connectivity index (χ3v) is 2.48. The molecule has 4 heteroatoms. The van der Waals surface area contributed by atoms with E-state index < -0.39 is 0 Å². The number of allylic oxidation sites excluding steroid dienone is 1. The molecule has 0 atom stereocenters. The highest BCUT2D eigenvalue weighted by atomic mass is 16.5. The van der Waals surface area contributed by atoms with Crippen molar-refractivity contribution in [3.8, 4) is 0 Å². The second kappa shape index (κ2) is 7.19. The first kappa shape index (κ1) is 12.9. The van der Waals surface area contributed by atoms with Crippen molar-refractivity contribution in [2.45, 2.75) is 26.4 Å². The van der Waals surface area contributed by atoms with Crippen molar-refractivity contribution in [3.63, 3.8) is 0 Å². The molecule has 16 heavy (non-hydrogen) atoms. The Kier molecular flexibility index (Phi) is 5.82. The number of imidazole rings is 1. The molecule has 90 valence electrons. The first-order valence-electron chi connectivity index (χ1n) is 5.61. The average molecular weight is 223 g/mol. The van der Waals surface area contributed by atoms with Crippen molar-refractivity contribution in [1.29, 1.82) is 0 Å². The molecule has 1 aromatic rings. The van der Waals surface area contributed by atoms with Crippen LogP contribution >= 0.6 is 0 Å². The molecule has 1 rings (SSSR count). The van der Waals surface area contributed by atoms with Crippen LogP contribution in [0.15, 0.2) is 18.9 Å². The van der Waals surface area contributed by atoms with Crippen molar-refractivity contribution < 1.29 is 4.74 Å². The molecule has 1 heterocycles. The Hall–Kier alpha value is -1.13. The molecule has 0 amide bonds. The smallest absolute Gasteiger partial charge is 0.105 e. The van der Waals surface area contributed by atoms with E-state index in [1.165, 1.54) is 5.69 Å². The zero-order valence-corrected chi connectivity index (χ0v) is 10.2. The molecule has 0 aliphatic heterocycles. The maximum atomic E-state index is 4.98. The Balaban J connectivity index is 2.47. The van der Waals surface area contributed by atoms with Crippen LogP contribution in [0.4, 0.5) is 0 Å². The number of rotatable bonds is 8. The summed E-state index contributed by atoms with van der Waals surface area (Å²) < 4.78 is 7.21. The monoisotopic (exact) mass is 223 g/mol. The van der Waals surface area contributed by atoms with Gasteiger partial charge in [0.05, 0.1) is 12.3 Å². The van der Waals surface area contributed by atoms with Crippen LogP contribution in [-0.4, -0.2) is 29.8 Å². The van der Waals surface area contributed by atoms with Crippen LogP contribution in [0.3, 0.4) is 0 Å². The summed E-state index contributed by atoms with van der Waals surface area (Å²) in [7, 11) is 1.71. The fourth-order valence-electron chi connectivity index (χ4n) is 1.57. The SMILES string of the molecule is C=CCCn1c(CNCCOC)cnc1C. The molecule has 0 spiro atoms. The number of nitrogens with zero attached hydrogens (tertiary/aromatic N) is 2. The van der Waals surface area contributed by atoms with Gasteiger partial charge in [0.2, 0.25) is 0 Å². The van der Waals surface area contributed by atoms with Gasteiger partial charge in [-0.3, -0.25) is 0 Å². The molecule has 1 aromatic heterocycles. The predicted molar refractivity (Wildman–Crippen MR) is 65.4 cm³/mol. The molecule has 0 saturated carbocycles. The van der Waals surface area contributed by atoms with Crippen molar-refractivity contribution in [2.75, 3.05) is 20.3 Å². The third kappa shape index (κ3) is 3.79. The highest BCUT2D eigenvalue weighted by Gasteiger charge is 2.04. The minimum Gasteiger partial charge on any atom is -0.383 e. The van der Waals surface area contributed by atoms with E-state index in [1.54, 1.807) is 7.11 Å². The van der Waals surface area contributed by atoms with Gasteiger partial charge in [0, 0.05) is 32.9 Å². The van der Waals surface area contributed by atoms with Gasteiger partial charge in [-0.05, 0) is 13.3 Å². The van der Waals surface area contributed by atoms with Gasteiger partial charge in [0.25, 0.3) is 0 Å². The zero-order valence-electron chi connectivity index (χ0n) is 10.2. The van der Waals surface area contributed by atoms with E-state index in [0.29, 0.717) is 0 Å². The first-order chi connectivity index (χ1) is 7.79. The lowest BCUT2D eigenvalue weighted by Gasteiger charge is -2.09. The summed E-state index contributed by atoms with van der Waals surface area (Å²) >= 11 is 0. The molecule has 0 aliphatic carbocycles. The van der Waals surface area contributed by atoms with Crippen LogP contribution < -0.4 is 5.32 Å². The summed E-state index contributed by atoms with van der Waals surface area (Å²) in [5.74, 6) is 1.06. The van der Waals surface area contributed by atoms with Crippen LogP contribution in [-0.2, 0) is 17.8 Å².